The van der Waals surface area contributed by atoms with Crippen molar-refractivity contribution >= 4 is 5.57 Å². The van der Waals surface area contributed by atoms with Crippen molar-refractivity contribution < 1.29 is 15.3 Å². The summed E-state index contributed by atoms with van der Waals surface area (Å²) in [5.74, 6) is -0.230. The first-order valence-corrected chi connectivity index (χ1v) is 4.69. The number of phenolic OH excluding ortho intramolecular Hbond substituents is 2. The van der Waals surface area contributed by atoms with Gasteiger partial charge in [0.05, 0.1) is 0 Å². The Balaban J connectivity index is 3.37. The Kier molecular flexibility index (Phi) is 3.40. The van der Waals surface area contributed by atoms with Crippen molar-refractivity contribution in [2.75, 3.05) is 0 Å². The molecule has 0 aromatic heterocycles. The molecule has 3 N–H and O–H groups in total. The molecule has 0 saturated heterocycles. The first-order chi connectivity index (χ1) is 7.41. The molecular weight excluding hydrogens is 204 g/mol. The second kappa shape index (κ2) is 4.57. The number of allylic oxidation sites excluding steroid dienone is 3. The molecule has 0 unspecified atom stereocenters. The molecule has 16 heavy (non-hydrogen) atoms. The van der Waals surface area contributed by atoms with Gasteiger partial charge in [0, 0.05) is 11.1 Å². The molecule has 0 aliphatic carbocycles. The van der Waals surface area contributed by atoms with Gasteiger partial charge in [0.2, 0.25) is 0 Å². The van der Waals surface area contributed by atoms with Crippen LogP contribution in [-0.4, -0.2) is 15.3 Å². The van der Waals surface area contributed by atoms with Gasteiger partial charge < -0.3 is 15.3 Å². The number of hydrogen-bond acceptors (Lipinski definition) is 3. The maximum Gasteiger partial charge on any atom is 0.123 e. The van der Waals surface area contributed by atoms with Crippen LogP contribution in [0.15, 0.2) is 48.8 Å². The van der Waals surface area contributed by atoms with Crippen molar-refractivity contribution in [3.05, 3.63) is 54.3 Å². The fraction of sp³-hybridized carbons (Fsp3) is 0.0769. The van der Waals surface area contributed by atoms with Crippen LogP contribution in [-0.2, 0) is 0 Å². The molecule has 0 heterocycles. The Bertz CT molecular complexity index is 470. The predicted molar refractivity (Wildman–Crippen MR) is 64.3 cm³/mol. The molecule has 3 heteroatoms. The number of phenols is 2. The number of hydrogen-bond donors (Lipinski definition) is 3. The predicted octanol–water partition coefficient (Wildman–Crippen LogP) is 3.13. The van der Waals surface area contributed by atoms with Crippen molar-refractivity contribution in [1.82, 2.24) is 0 Å². The van der Waals surface area contributed by atoms with Crippen LogP contribution in [0.3, 0.4) is 0 Å². The fourth-order valence-corrected chi connectivity index (χ4v) is 1.30. The minimum atomic E-state index is -0.191. The molecule has 0 saturated carbocycles. The first kappa shape index (κ1) is 11.9. The Hall–Kier alpha value is -2.16. The van der Waals surface area contributed by atoms with E-state index < -0.39 is 0 Å². The van der Waals surface area contributed by atoms with E-state index in [-0.39, 0.29) is 17.3 Å². The number of aliphatic hydroxyl groups excluding tert-OH is 1. The van der Waals surface area contributed by atoms with Crippen LogP contribution in [0.4, 0.5) is 0 Å². The van der Waals surface area contributed by atoms with E-state index in [1.54, 1.807) is 13.0 Å². The van der Waals surface area contributed by atoms with Gasteiger partial charge in [-0.25, -0.2) is 0 Å². The van der Waals surface area contributed by atoms with Crippen molar-refractivity contribution in [3.8, 4) is 11.5 Å². The van der Waals surface area contributed by atoms with Crippen LogP contribution < -0.4 is 0 Å². The molecule has 3 nitrogen and oxygen atoms in total. The highest BCUT2D eigenvalue weighted by molar-refractivity contribution is 5.81. The zero-order valence-corrected chi connectivity index (χ0v) is 9.07. The Labute approximate surface area is 94.3 Å². The Morgan fingerprint density at radius 1 is 1.25 bits per heavy atom. The minimum Gasteiger partial charge on any atom is -0.508 e. The van der Waals surface area contributed by atoms with E-state index >= 15 is 0 Å². The lowest BCUT2D eigenvalue weighted by Gasteiger charge is -2.09. The van der Waals surface area contributed by atoms with Crippen LogP contribution >= 0.6 is 0 Å². The normalized spacial score (nSPS) is 11.2. The van der Waals surface area contributed by atoms with E-state index in [0.717, 1.165) is 0 Å². The fourth-order valence-electron chi connectivity index (χ4n) is 1.30. The zero-order valence-electron chi connectivity index (χ0n) is 9.07. The van der Waals surface area contributed by atoms with E-state index in [9.17, 15) is 15.3 Å². The molecule has 1 aromatic carbocycles. The van der Waals surface area contributed by atoms with Crippen molar-refractivity contribution in [3.63, 3.8) is 0 Å². The van der Waals surface area contributed by atoms with Crippen LogP contribution in [0.25, 0.3) is 5.57 Å². The monoisotopic (exact) mass is 218 g/mol. The molecule has 0 radical (unpaired) electrons. The van der Waals surface area contributed by atoms with E-state index in [2.05, 4.69) is 13.2 Å². The highest BCUT2D eigenvalue weighted by atomic mass is 16.3. The van der Waals surface area contributed by atoms with E-state index in [1.807, 2.05) is 0 Å². The van der Waals surface area contributed by atoms with Gasteiger partial charge in [-0.3, -0.25) is 0 Å². The molecule has 84 valence electrons. The van der Waals surface area contributed by atoms with E-state index in [1.165, 1.54) is 18.2 Å². The van der Waals surface area contributed by atoms with Crippen LogP contribution in [0, 0.1) is 0 Å². The third kappa shape index (κ3) is 2.67. The average Bonchev–Trinajstić information content (AvgIpc) is 2.18. The molecule has 0 fully saturated rings. The van der Waals surface area contributed by atoms with Gasteiger partial charge in [0.25, 0.3) is 0 Å². The first-order valence-electron chi connectivity index (χ1n) is 4.69. The van der Waals surface area contributed by atoms with Gasteiger partial charge in [0.15, 0.2) is 0 Å². The topological polar surface area (TPSA) is 60.7 Å². The lowest BCUT2D eigenvalue weighted by Crippen LogP contribution is -1.89. The van der Waals surface area contributed by atoms with Crippen LogP contribution in [0.1, 0.15) is 12.5 Å². The van der Waals surface area contributed by atoms with Gasteiger partial charge in [-0.1, -0.05) is 18.7 Å². The van der Waals surface area contributed by atoms with Crippen molar-refractivity contribution in [2.45, 2.75) is 6.92 Å². The number of rotatable bonds is 3. The summed E-state index contributed by atoms with van der Waals surface area (Å²) in [4.78, 5) is 0. The summed E-state index contributed by atoms with van der Waals surface area (Å²) in [5, 5.41) is 28.4. The quantitative estimate of drug-likeness (QED) is 0.415. The summed E-state index contributed by atoms with van der Waals surface area (Å²) >= 11 is 0. The van der Waals surface area contributed by atoms with Gasteiger partial charge in [-0.15, -0.1) is 0 Å². The molecule has 0 aliphatic rings. The average molecular weight is 218 g/mol. The molecule has 0 aliphatic heterocycles. The lowest BCUT2D eigenvalue weighted by atomic mass is 10.0. The zero-order chi connectivity index (χ0) is 12.3. The third-order valence-electron chi connectivity index (χ3n) is 1.97. The summed E-state index contributed by atoms with van der Waals surface area (Å²) in [6, 6.07) is 4.06. The summed E-state index contributed by atoms with van der Waals surface area (Å²) in [5.41, 5.74) is 1.35. The molecular formula is C13H14O3. The summed E-state index contributed by atoms with van der Waals surface area (Å²) in [7, 11) is 0. The van der Waals surface area contributed by atoms with Gasteiger partial charge in [-0.05, 0) is 31.2 Å². The van der Waals surface area contributed by atoms with Gasteiger partial charge in [0.1, 0.15) is 17.3 Å². The van der Waals surface area contributed by atoms with Crippen molar-refractivity contribution in [2.24, 2.45) is 0 Å². The maximum atomic E-state index is 9.63. The Morgan fingerprint density at radius 3 is 2.38 bits per heavy atom. The van der Waals surface area contributed by atoms with Crippen molar-refractivity contribution in [1.29, 1.82) is 0 Å². The lowest BCUT2D eigenvalue weighted by molar-refractivity contribution is 0.436. The number of aromatic hydroxyl groups is 2. The van der Waals surface area contributed by atoms with Gasteiger partial charge in [-0.2, -0.15) is 0 Å². The van der Waals surface area contributed by atoms with Gasteiger partial charge >= 0.3 is 0 Å². The summed E-state index contributed by atoms with van der Waals surface area (Å²) in [6.45, 7) is 8.84. The van der Waals surface area contributed by atoms with Crippen LogP contribution in [0.2, 0.25) is 0 Å². The second-order valence-electron chi connectivity index (χ2n) is 3.55. The highest BCUT2D eigenvalue weighted by Crippen LogP contribution is 2.32. The Morgan fingerprint density at radius 2 is 1.88 bits per heavy atom. The minimum absolute atomic E-state index is 0.00154. The number of benzene rings is 1. The van der Waals surface area contributed by atoms with E-state index in [4.69, 9.17) is 0 Å². The molecule has 0 bridgehead atoms. The highest BCUT2D eigenvalue weighted by Gasteiger charge is 2.10. The third-order valence-corrected chi connectivity index (χ3v) is 1.97. The molecule has 1 aromatic rings. The largest absolute Gasteiger partial charge is 0.508 e. The molecule has 0 atom stereocenters. The molecule has 0 amide bonds. The SMILES string of the molecule is C=C(C)/C=C(\C(=C)O)c1cc(O)ccc1O. The smallest absolute Gasteiger partial charge is 0.123 e. The summed E-state index contributed by atoms with van der Waals surface area (Å²) in [6.07, 6.45) is 1.58. The molecule has 1 rings (SSSR count). The summed E-state index contributed by atoms with van der Waals surface area (Å²) < 4.78 is 0. The number of aliphatic hydroxyl groups is 1. The van der Waals surface area contributed by atoms with Crippen LogP contribution in [0.5, 0.6) is 11.5 Å². The standard InChI is InChI=1S/C13H14O3/c1-8(2)6-11(9(3)14)12-7-10(15)4-5-13(12)16/h4-7,14-16H,1,3H2,2H3/b11-6+. The van der Waals surface area contributed by atoms with E-state index in [0.29, 0.717) is 16.7 Å². The maximum absolute atomic E-state index is 9.63. The molecule has 0 spiro atoms. The second-order valence-corrected chi connectivity index (χ2v) is 3.55.